The molecule has 3 aromatic rings. The topological polar surface area (TPSA) is 123 Å². The third-order valence-electron chi connectivity index (χ3n) is 5.94. The number of nitrogens with one attached hydrogen (secondary N) is 1. The molecule has 0 saturated carbocycles. The van der Waals surface area contributed by atoms with Gasteiger partial charge in [0.25, 0.3) is 0 Å². The van der Waals surface area contributed by atoms with Crippen LogP contribution in [0.25, 0.3) is 11.3 Å². The number of hydrogen-bond donors (Lipinski definition) is 2. The number of nitrogen functional groups attached to an aromatic ring is 1. The molecule has 0 bridgehead atoms. The molecule has 0 aliphatic rings. The molecule has 0 saturated heterocycles. The first-order valence-corrected chi connectivity index (χ1v) is 11.4. The summed E-state index contributed by atoms with van der Waals surface area (Å²) < 4.78 is 6.41. The quantitative estimate of drug-likeness (QED) is 0.509. The lowest BCUT2D eigenvalue weighted by molar-refractivity contribution is -0.117. The maximum atomic E-state index is 12.8. The van der Waals surface area contributed by atoms with E-state index in [9.17, 15) is 10.1 Å². The number of carbonyl (C=O) groups is 1. The Morgan fingerprint density at radius 2 is 1.81 bits per heavy atom. The fourth-order valence-electron chi connectivity index (χ4n) is 3.59. The molecular weight excluding hydrogens is 448 g/mol. The minimum absolute atomic E-state index is 0.0158. The lowest BCUT2D eigenvalue weighted by Gasteiger charge is -2.41. The monoisotopic (exact) mass is 474 g/mol. The molecule has 36 heavy (non-hydrogen) atoms. The van der Waals surface area contributed by atoms with Gasteiger partial charge in [0.1, 0.15) is 31.0 Å². The summed E-state index contributed by atoms with van der Waals surface area (Å²) in [6.45, 7) is 9.53. The Morgan fingerprint density at radius 3 is 2.33 bits per heavy atom. The van der Waals surface area contributed by atoms with Crippen molar-refractivity contribution in [3.8, 4) is 17.3 Å². The Morgan fingerprint density at radius 1 is 1.19 bits per heavy atom. The maximum Gasteiger partial charge on any atom is 0.234 e. The van der Waals surface area contributed by atoms with E-state index in [4.69, 9.17) is 41.6 Å². The third-order valence-corrected chi connectivity index (χ3v) is 5.94. The lowest BCUT2D eigenvalue weighted by atomic mass is 9.31. The largest absolute Gasteiger partial charge is 0.383 e. The van der Waals surface area contributed by atoms with E-state index in [1.165, 1.54) is 6.92 Å². The summed E-state index contributed by atoms with van der Waals surface area (Å²) in [5.41, 5.74) is 7.07. The van der Waals surface area contributed by atoms with Crippen molar-refractivity contribution < 1.29 is 9.32 Å². The van der Waals surface area contributed by atoms with Crippen molar-refractivity contribution >= 4 is 49.0 Å². The molecule has 2 heterocycles. The summed E-state index contributed by atoms with van der Waals surface area (Å²) in [4.78, 5) is 12.8. The number of hydrogen-bond acceptors (Lipinski definition) is 6. The number of amides is 1. The van der Waals surface area contributed by atoms with Crippen LogP contribution in [0.3, 0.4) is 0 Å². The van der Waals surface area contributed by atoms with Gasteiger partial charge in [-0.3, -0.25) is 14.8 Å². The number of aromatic nitrogens is 3. The van der Waals surface area contributed by atoms with E-state index < -0.39 is 16.5 Å². The number of anilines is 2. The SMILES string of the molecule is [B]C([B])([B])C([B])(C)n1nc(-c2ccc(C(C)C(=O)Nc3cc(CC(C)(C)C)no3)cc2)c(C#N)c1N. The molecule has 176 valence electrons. The predicted octanol–water partition coefficient (Wildman–Crippen LogP) is 2.74. The zero-order valence-electron chi connectivity index (χ0n) is 21.2. The predicted molar refractivity (Wildman–Crippen MR) is 143 cm³/mol. The van der Waals surface area contributed by atoms with Gasteiger partial charge in [-0.15, -0.1) is 5.11 Å². The Bertz CT molecular complexity index is 1290. The molecule has 8 radical (unpaired) electrons. The molecule has 2 unspecified atom stereocenters. The second-order valence-corrected chi connectivity index (χ2v) is 10.5. The van der Waals surface area contributed by atoms with E-state index in [0.717, 1.165) is 22.4 Å². The van der Waals surface area contributed by atoms with Crippen LogP contribution in [0.5, 0.6) is 0 Å². The number of rotatable bonds is 7. The molecule has 0 aliphatic heterocycles. The standard InChI is InChI=1S/C24H26B4N6O2/c1-13(21(35)31-18-10-16(33-36-18)11-22(2,3)4)14-6-8-15(9-7-14)19-17(12-29)20(30)34(32-19)23(5,25)24(26,27)28/h6-10,13H,11,30H2,1-5H3,(H,31,35). The molecule has 0 spiro atoms. The first-order valence-electron chi connectivity index (χ1n) is 11.4. The third kappa shape index (κ3) is 5.56. The number of carbonyl (C=O) groups excluding carboxylic acids is 1. The molecule has 1 amide bonds. The van der Waals surface area contributed by atoms with Crippen LogP contribution in [-0.4, -0.2) is 52.2 Å². The van der Waals surface area contributed by atoms with Crippen molar-refractivity contribution in [1.29, 1.82) is 5.26 Å². The van der Waals surface area contributed by atoms with Crippen LogP contribution in [0, 0.1) is 16.7 Å². The molecule has 1 aromatic carbocycles. The zero-order valence-corrected chi connectivity index (χ0v) is 21.2. The minimum atomic E-state index is -1.86. The van der Waals surface area contributed by atoms with Crippen LogP contribution in [0.1, 0.15) is 57.4 Å². The highest BCUT2D eigenvalue weighted by atomic mass is 16.5. The van der Waals surface area contributed by atoms with E-state index in [0.29, 0.717) is 11.4 Å². The average Bonchev–Trinajstić information content (AvgIpc) is 3.34. The molecule has 0 aliphatic carbocycles. The highest BCUT2D eigenvalue weighted by molar-refractivity contribution is 6.62. The van der Waals surface area contributed by atoms with Crippen LogP contribution < -0.4 is 11.1 Å². The first-order chi connectivity index (χ1) is 16.5. The van der Waals surface area contributed by atoms with Crippen molar-refractivity contribution in [2.45, 2.75) is 57.5 Å². The van der Waals surface area contributed by atoms with Crippen molar-refractivity contribution in [3.63, 3.8) is 0 Å². The number of nitrogens with two attached hydrogens (primary N) is 1. The van der Waals surface area contributed by atoms with Crippen molar-refractivity contribution in [2.24, 2.45) is 5.41 Å². The molecule has 3 rings (SSSR count). The fraction of sp³-hybridized carbons (Fsp3) is 0.417. The Hall–Kier alpha value is -3.34. The van der Waals surface area contributed by atoms with E-state index >= 15 is 0 Å². The molecule has 12 heteroatoms. The minimum Gasteiger partial charge on any atom is -0.383 e. The number of nitriles is 1. The van der Waals surface area contributed by atoms with Crippen LogP contribution in [0.4, 0.5) is 11.7 Å². The van der Waals surface area contributed by atoms with Gasteiger partial charge in [0.15, 0.2) is 0 Å². The Kier molecular flexibility index (Phi) is 7.27. The highest BCUT2D eigenvalue weighted by Gasteiger charge is 2.36. The van der Waals surface area contributed by atoms with E-state index in [-0.39, 0.29) is 28.4 Å². The van der Waals surface area contributed by atoms with Gasteiger partial charge in [-0.1, -0.05) is 50.2 Å². The van der Waals surface area contributed by atoms with Gasteiger partial charge in [0.2, 0.25) is 11.8 Å². The van der Waals surface area contributed by atoms with Gasteiger partial charge >= 0.3 is 0 Å². The second-order valence-electron chi connectivity index (χ2n) is 10.5. The molecule has 8 nitrogen and oxygen atoms in total. The van der Waals surface area contributed by atoms with Crippen molar-refractivity contribution in [2.75, 3.05) is 11.1 Å². The summed E-state index contributed by atoms with van der Waals surface area (Å²) in [5.74, 6) is -0.467. The Labute approximate surface area is 217 Å². The first kappa shape index (κ1) is 27.3. The van der Waals surface area contributed by atoms with Gasteiger partial charge in [0.05, 0.1) is 35.2 Å². The number of benzene rings is 1. The van der Waals surface area contributed by atoms with Crippen LogP contribution >= 0.6 is 0 Å². The summed E-state index contributed by atoms with van der Waals surface area (Å²) in [5, 5.41) is 19.0. The van der Waals surface area contributed by atoms with Gasteiger partial charge < -0.3 is 10.3 Å². The maximum absolute atomic E-state index is 12.8. The Balaban J connectivity index is 1.81. The highest BCUT2D eigenvalue weighted by Crippen LogP contribution is 2.37. The summed E-state index contributed by atoms with van der Waals surface area (Å²) in [7, 11) is 23.6. The van der Waals surface area contributed by atoms with Crippen molar-refractivity contribution in [3.05, 3.63) is 47.2 Å². The van der Waals surface area contributed by atoms with Crippen molar-refractivity contribution in [1.82, 2.24) is 14.9 Å². The molecule has 2 atom stereocenters. The average molecular weight is 474 g/mol. The van der Waals surface area contributed by atoms with E-state index in [1.807, 2.05) is 6.07 Å². The number of nitrogens with zero attached hydrogens (tertiary/aromatic N) is 4. The van der Waals surface area contributed by atoms with Gasteiger partial charge in [-0.25, -0.2) is 0 Å². The smallest absolute Gasteiger partial charge is 0.234 e. The second kappa shape index (κ2) is 9.61. The summed E-state index contributed by atoms with van der Waals surface area (Å²) in [6.07, 6.45) is 0.723. The van der Waals surface area contributed by atoms with Crippen LogP contribution in [0.2, 0.25) is 5.11 Å². The zero-order chi connectivity index (χ0) is 27.1. The van der Waals surface area contributed by atoms with Gasteiger partial charge in [0, 0.05) is 17.1 Å². The van der Waals surface area contributed by atoms with E-state index in [1.54, 1.807) is 37.3 Å². The molecule has 0 fully saturated rings. The summed E-state index contributed by atoms with van der Waals surface area (Å²) >= 11 is 0. The van der Waals surface area contributed by atoms with Crippen LogP contribution in [-0.2, 0) is 16.7 Å². The molecule has 2 aromatic heterocycles. The van der Waals surface area contributed by atoms with E-state index in [2.05, 4.69) is 36.3 Å². The molecular formula is C24H26B4N6O2. The van der Waals surface area contributed by atoms with Crippen LogP contribution in [0.15, 0.2) is 34.9 Å². The molecule has 3 N–H and O–H groups in total. The fourth-order valence-corrected chi connectivity index (χ4v) is 3.59. The lowest BCUT2D eigenvalue weighted by Crippen LogP contribution is -2.46. The van der Waals surface area contributed by atoms with Gasteiger partial charge in [-0.05, 0) is 31.2 Å². The normalized spacial score (nSPS) is 14.6. The summed E-state index contributed by atoms with van der Waals surface area (Å²) in [6, 6.07) is 10.8. The van der Waals surface area contributed by atoms with Gasteiger partial charge in [-0.2, -0.15) is 10.4 Å².